The van der Waals surface area contributed by atoms with Crippen LogP contribution in [0.4, 0.5) is 0 Å². The van der Waals surface area contributed by atoms with E-state index in [4.69, 9.17) is 0 Å². The van der Waals surface area contributed by atoms with Crippen LogP contribution in [-0.2, 0) is 20.8 Å². The molecule has 0 aromatic heterocycles. The number of carbonyl (C=O) groups is 3. The van der Waals surface area contributed by atoms with Crippen molar-refractivity contribution in [3.05, 3.63) is 48.0 Å². The minimum absolute atomic E-state index is 0.0950. The molecule has 2 aliphatic carbocycles. The first kappa shape index (κ1) is 14.2. The average Bonchev–Trinajstić information content (AvgIpc) is 3.21. The zero-order valence-electron chi connectivity index (χ0n) is 12.5. The Morgan fingerprint density at radius 1 is 1.09 bits per heavy atom. The van der Waals surface area contributed by atoms with E-state index in [1.54, 1.807) is 0 Å². The molecule has 1 aromatic carbocycles. The number of allylic oxidation sites excluding steroid dienone is 2. The van der Waals surface area contributed by atoms with Gasteiger partial charge in [-0.05, 0) is 23.8 Å². The lowest BCUT2D eigenvalue weighted by atomic mass is 9.85. The van der Waals surface area contributed by atoms with E-state index in [-0.39, 0.29) is 41.9 Å². The number of benzene rings is 1. The summed E-state index contributed by atoms with van der Waals surface area (Å²) in [5.41, 5.74) is 0.804. The monoisotopic (exact) mass is 311 g/mol. The number of rotatable bonds is 4. The molecular weight excluding hydrogens is 294 g/mol. The fraction of sp³-hybridized carbons (Fsp3) is 0.389. The van der Waals surface area contributed by atoms with E-state index >= 15 is 0 Å². The Balaban J connectivity index is 1.64. The highest BCUT2D eigenvalue weighted by Crippen LogP contribution is 2.52. The van der Waals surface area contributed by atoms with Gasteiger partial charge in [-0.25, -0.2) is 4.79 Å². The van der Waals surface area contributed by atoms with Gasteiger partial charge in [-0.1, -0.05) is 42.5 Å². The third kappa shape index (κ3) is 2.03. The topological polar surface area (TPSA) is 74.7 Å². The molecule has 2 fully saturated rings. The van der Waals surface area contributed by atoms with Crippen LogP contribution in [0.15, 0.2) is 42.5 Å². The summed E-state index contributed by atoms with van der Waals surface area (Å²) in [4.78, 5) is 38.2. The largest absolute Gasteiger partial charge is 0.480 e. The number of carboxylic acids is 1. The number of amides is 2. The van der Waals surface area contributed by atoms with E-state index < -0.39 is 12.0 Å². The zero-order chi connectivity index (χ0) is 16.1. The molecule has 4 rings (SSSR count). The van der Waals surface area contributed by atoms with Crippen LogP contribution in [0.2, 0.25) is 0 Å². The average molecular weight is 311 g/mol. The molecule has 5 heteroatoms. The van der Waals surface area contributed by atoms with Crippen LogP contribution in [0.3, 0.4) is 0 Å². The number of carboxylic acid groups (broad SMARTS) is 1. The van der Waals surface area contributed by atoms with Gasteiger partial charge in [-0.3, -0.25) is 14.5 Å². The van der Waals surface area contributed by atoms with Gasteiger partial charge in [-0.15, -0.1) is 0 Å². The van der Waals surface area contributed by atoms with E-state index in [2.05, 4.69) is 0 Å². The fourth-order valence-electron chi connectivity index (χ4n) is 4.36. The predicted octanol–water partition coefficient (Wildman–Crippen LogP) is 1.49. The van der Waals surface area contributed by atoms with Gasteiger partial charge in [0.2, 0.25) is 11.8 Å². The summed E-state index contributed by atoms with van der Waals surface area (Å²) in [6, 6.07) is 7.99. The molecule has 2 amide bonds. The maximum absolute atomic E-state index is 12.7. The first-order chi connectivity index (χ1) is 11.1. The van der Waals surface area contributed by atoms with Crippen molar-refractivity contribution < 1.29 is 19.5 Å². The second-order valence-corrected chi connectivity index (χ2v) is 6.59. The maximum atomic E-state index is 12.7. The SMILES string of the molecule is O=C(O)[C@@H](Cc1ccccc1)N1C(=O)[C@@H]2[C@@H](C1=O)[C@H]1C=C[C@H]2C1. The van der Waals surface area contributed by atoms with Crippen LogP contribution in [0.5, 0.6) is 0 Å². The molecule has 5 nitrogen and oxygen atoms in total. The molecule has 0 unspecified atom stereocenters. The number of aliphatic carboxylic acids is 1. The second kappa shape index (κ2) is 5.05. The lowest BCUT2D eigenvalue weighted by Crippen LogP contribution is -2.47. The summed E-state index contributed by atoms with van der Waals surface area (Å²) in [6.45, 7) is 0. The van der Waals surface area contributed by atoms with E-state index in [9.17, 15) is 19.5 Å². The zero-order valence-corrected chi connectivity index (χ0v) is 12.5. The normalized spacial score (nSPS) is 32.4. The van der Waals surface area contributed by atoms with E-state index in [0.717, 1.165) is 16.9 Å². The highest BCUT2D eigenvalue weighted by molar-refractivity contribution is 6.08. The smallest absolute Gasteiger partial charge is 0.327 e. The van der Waals surface area contributed by atoms with Crippen LogP contribution < -0.4 is 0 Å². The molecule has 2 bridgehead atoms. The third-order valence-electron chi connectivity index (χ3n) is 5.37. The highest BCUT2D eigenvalue weighted by Gasteiger charge is 2.61. The number of carbonyl (C=O) groups excluding carboxylic acids is 2. The molecule has 1 saturated heterocycles. The van der Waals surface area contributed by atoms with Crippen molar-refractivity contribution in [2.45, 2.75) is 18.9 Å². The lowest BCUT2D eigenvalue weighted by Gasteiger charge is -2.24. The van der Waals surface area contributed by atoms with E-state index in [1.165, 1.54) is 0 Å². The summed E-state index contributed by atoms with van der Waals surface area (Å²) in [7, 11) is 0. The van der Waals surface area contributed by atoms with Crippen molar-refractivity contribution in [3.8, 4) is 0 Å². The second-order valence-electron chi connectivity index (χ2n) is 6.59. The Morgan fingerprint density at radius 3 is 2.17 bits per heavy atom. The molecule has 23 heavy (non-hydrogen) atoms. The van der Waals surface area contributed by atoms with Crippen LogP contribution in [0.1, 0.15) is 12.0 Å². The Hall–Kier alpha value is -2.43. The third-order valence-corrected chi connectivity index (χ3v) is 5.37. The van der Waals surface area contributed by atoms with Gasteiger partial charge in [0.05, 0.1) is 11.8 Å². The van der Waals surface area contributed by atoms with Crippen molar-refractivity contribution in [2.24, 2.45) is 23.7 Å². The molecule has 118 valence electrons. The molecule has 1 aromatic rings. The summed E-state index contributed by atoms with van der Waals surface area (Å²) in [5.74, 6) is -2.25. The predicted molar refractivity (Wildman–Crippen MR) is 81.1 cm³/mol. The number of hydrogen-bond acceptors (Lipinski definition) is 3. The van der Waals surface area contributed by atoms with E-state index in [0.29, 0.717) is 0 Å². The molecule has 0 spiro atoms. The van der Waals surface area contributed by atoms with Gasteiger partial charge >= 0.3 is 5.97 Å². The first-order valence-corrected chi connectivity index (χ1v) is 7.90. The van der Waals surface area contributed by atoms with Crippen LogP contribution in [0, 0.1) is 23.7 Å². The minimum Gasteiger partial charge on any atom is -0.480 e. The van der Waals surface area contributed by atoms with Crippen LogP contribution >= 0.6 is 0 Å². The number of hydrogen-bond donors (Lipinski definition) is 1. The Labute approximate surface area is 133 Å². The van der Waals surface area contributed by atoms with Crippen molar-refractivity contribution in [2.75, 3.05) is 0 Å². The molecule has 5 atom stereocenters. The molecule has 1 saturated carbocycles. The summed E-state index contributed by atoms with van der Waals surface area (Å²) in [5, 5.41) is 9.58. The highest BCUT2D eigenvalue weighted by atomic mass is 16.4. The molecule has 1 heterocycles. The number of fused-ring (bicyclic) bond motifs is 5. The summed E-state index contributed by atoms with van der Waals surface area (Å²) < 4.78 is 0. The molecule has 3 aliphatic rings. The Morgan fingerprint density at radius 2 is 1.65 bits per heavy atom. The van der Waals surface area contributed by atoms with Crippen molar-refractivity contribution >= 4 is 17.8 Å². The quantitative estimate of drug-likeness (QED) is 0.675. The number of nitrogens with zero attached hydrogens (tertiary/aromatic N) is 1. The van der Waals surface area contributed by atoms with Gasteiger partial charge in [-0.2, -0.15) is 0 Å². The standard InChI is InChI=1S/C18H17NO4/c20-16-14-11-6-7-12(9-11)15(14)17(21)19(16)13(18(22)23)8-10-4-2-1-3-5-10/h1-7,11-15H,8-9H2,(H,22,23)/t11-,12-,13+,14-,15-/m0/s1. The molecular formula is C18H17NO4. The fourth-order valence-corrected chi connectivity index (χ4v) is 4.36. The van der Waals surface area contributed by atoms with Gasteiger partial charge < -0.3 is 5.11 Å². The van der Waals surface area contributed by atoms with Crippen molar-refractivity contribution in [1.29, 1.82) is 0 Å². The minimum atomic E-state index is -1.13. The van der Waals surface area contributed by atoms with Gasteiger partial charge in [0.25, 0.3) is 0 Å². The van der Waals surface area contributed by atoms with E-state index in [1.807, 2.05) is 42.5 Å². The Bertz CT molecular complexity index is 681. The summed E-state index contributed by atoms with van der Waals surface area (Å²) >= 11 is 0. The molecule has 1 N–H and O–H groups in total. The van der Waals surface area contributed by atoms with Gasteiger partial charge in [0.15, 0.2) is 0 Å². The number of imide groups is 1. The van der Waals surface area contributed by atoms with Crippen LogP contribution in [-0.4, -0.2) is 33.8 Å². The maximum Gasteiger partial charge on any atom is 0.327 e. The number of likely N-dealkylation sites (tertiary alicyclic amines) is 1. The van der Waals surface area contributed by atoms with Gasteiger partial charge in [0.1, 0.15) is 6.04 Å². The lowest BCUT2D eigenvalue weighted by molar-refractivity contribution is -0.155. The molecule has 0 radical (unpaired) electrons. The van der Waals surface area contributed by atoms with Crippen molar-refractivity contribution in [3.63, 3.8) is 0 Å². The summed E-state index contributed by atoms with van der Waals surface area (Å²) in [6.07, 6.45) is 5.01. The van der Waals surface area contributed by atoms with Gasteiger partial charge in [0, 0.05) is 6.42 Å². The first-order valence-electron chi connectivity index (χ1n) is 7.90. The Kier molecular flexibility index (Phi) is 3.11. The van der Waals surface area contributed by atoms with Crippen LogP contribution in [0.25, 0.3) is 0 Å². The van der Waals surface area contributed by atoms with Crippen molar-refractivity contribution in [1.82, 2.24) is 4.90 Å². The molecule has 1 aliphatic heterocycles.